The summed E-state index contributed by atoms with van der Waals surface area (Å²) < 4.78 is 46.8. The minimum absolute atomic E-state index is 0.103. The van der Waals surface area contributed by atoms with Crippen LogP contribution in [0.25, 0.3) is 11.4 Å². The van der Waals surface area contributed by atoms with Crippen LogP contribution in [0.5, 0.6) is 0 Å². The summed E-state index contributed by atoms with van der Waals surface area (Å²) in [4.78, 5) is 3.77. The highest BCUT2D eigenvalue weighted by Crippen LogP contribution is 2.37. The third-order valence-corrected chi connectivity index (χ3v) is 9.86. The number of rotatable bonds is 6. The molecule has 28 heavy (non-hydrogen) atoms. The number of aromatic nitrogens is 2. The van der Waals surface area contributed by atoms with Crippen LogP contribution in [0.1, 0.15) is 45.0 Å². The Morgan fingerprint density at radius 1 is 1.14 bits per heavy atom. The predicted octanol–water partition coefficient (Wildman–Crippen LogP) is 5.64. The van der Waals surface area contributed by atoms with Gasteiger partial charge in [0.1, 0.15) is 5.82 Å². The molecular formula is C20H29F3N2O2Si. The molecule has 2 aromatic rings. The van der Waals surface area contributed by atoms with Crippen molar-refractivity contribution < 1.29 is 22.7 Å². The monoisotopic (exact) mass is 414 g/mol. The van der Waals surface area contributed by atoms with Gasteiger partial charge in [-0.25, -0.2) is 4.98 Å². The second-order valence-electron chi connectivity index (χ2n) is 8.63. The molecule has 8 heteroatoms. The Balaban J connectivity index is 2.27. The van der Waals surface area contributed by atoms with Crippen molar-refractivity contribution in [2.24, 2.45) is 0 Å². The van der Waals surface area contributed by atoms with Crippen LogP contribution in [0.2, 0.25) is 18.1 Å². The number of aliphatic hydroxyl groups is 1. The fraction of sp³-hybridized carbons (Fsp3) is 0.550. The minimum Gasteiger partial charge on any atom is -0.413 e. The molecule has 0 aliphatic carbocycles. The number of nitrogens with zero attached hydrogens (tertiary/aromatic N) is 2. The van der Waals surface area contributed by atoms with Crippen LogP contribution >= 0.6 is 0 Å². The molecule has 0 bridgehead atoms. The summed E-state index contributed by atoms with van der Waals surface area (Å²) in [6.07, 6.45) is -3.59. The fourth-order valence-corrected chi connectivity index (χ4v) is 3.36. The molecule has 0 amide bonds. The Morgan fingerprint density at radius 3 is 2.18 bits per heavy atom. The van der Waals surface area contributed by atoms with Gasteiger partial charge in [0.15, 0.2) is 14.0 Å². The number of benzene rings is 1. The van der Waals surface area contributed by atoms with Gasteiger partial charge < -0.3 is 14.1 Å². The Kier molecular flexibility index (Phi) is 6.47. The van der Waals surface area contributed by atoms with Crippen molar-refractivity contribution in [2.45, 2.75) is 64.7 Å². The molecule has 0 saturated carbocycles. The molecule has 0 fully saturated rings. The lowest BCUT2D eigenvalue weighted by Crippen LogP contribution is -2.40. The lowest BCUT2D eigenvalue weighted by molar-refractivity contribution is -0.140. The van der Waals surface area contributed by atoms with Gasteiger partial charge in [-0.05, 0) is 30.6 Å². The number of imidazole rings is 1. The zero-order valence-electron chi connectivity index (χ0n) is 17.3. The normalized spacial score (nSPS) is 14.4. The van der Waals surface area contributed by atoms with Gasteiger partial charge in [0.2, 0.25) is 0 Å². The summed E-state index contributed by atoms with van der Waals surface area (Å²) in [7, 11) is -1.88. The summed E-state index contributed by atoms with van der Waals surface area (Å²) in [5, 5.41) is 9.49. The molecule has 1 unspecified atom stereocenters. The van der Waals surface area contributed by atoms with Gasteiger partial charge in [-0.3, -0.25) is 0 Å². The molecule has 1 aromatic carbocycles. The third kappa shape index (κ3) is 5.04. The molecular weight excluding hydrogens is 385 g/mol. The molecule has 1 aromatic heterocycles. The third-order valence-electron chi connectivity index (χ3n) is 5.38. The van der Waals surface area contributed by atoms with E-state index in [4.69, 9.17) is 4.43 Å². The average molecular weight is 415 g/mol. The van der Waals surface area contributed by atoms with Crippen LogP contribution in [0.4, 0.5) is 13.2 Å². The molecule has 0 aliphatic rings. The lowest BCUT2D eigenvalue weighted by atomic mass is 10.1. The highest BCUT2D eigenvalue weighted by atomic mass is 28.4. The first-order valence-electron chi connectivity index (χ1n) is 9.26. The Morgan fingerprint density at radius 2 is 1.71 bits per heavy atom. The van der Waals surface area contributed by atoms with Crippen LogP contribution in [0.15, 0.2) is 30.5 Å². The molecule has 156 valence electrons. The molecule has 1 atom stereocenters. The SMILES string of the molecule is CC(CO)n1cc(C(F)(F)F)nc1-c1ccc(CO[Si](C)(C)C(C)(C)C)cc1. The van der Waals surface area contributed by atoms with E-state index in [1.54, 1.807) is 19.1 Å². The van der Waals surface area contributed by atoms with Crippen molar-refractivity contribution in [3.8, 4) is 11.4 Å². The van der Waals surface area contributed by atoms with Crippen LogP contribution in [-0.2, 0) is 17.2 Å². The van der Waals surface area contributed by atoms with E-state index in [2.05, 4.69) is 38.8 Å². The zero-order valence-corrected chi connectivity index (χ0v) is 18.3. The number of aliphatic hydroxyl groups excluding tert-OH is 1. The van der Waals surface area contributed by atoms with Crippen molar-refractivity contribution in [2.75, 3.05) is 6.61 Å². The number of hydrogen-bond donors (Lipinski definition) is 1. The fourth-order valence-electron chi connectivity index (χ4n) is 2.40. The maximum Gasteiger partial charge on any atom is 0.434 e. The smallest absolute Gasteiger partial charge is 0.413 e. The molecule has 2 rings (SSSR count). The summed E-state index contributed by atoms with van der Waals surface area (Å²) in [5.41, 5.74) is 0.554. The quantitative estimate of drug-likeness (QED) is 0.622. The first-order chi connectivity index (χ1) is 12.8. The second kappa shape index (κ2) is 8.00. The van der Waals surface area contributed by atoms with E-state index in [1.165, 1.54) is 4.57 Å². The van der Waals surface area contributed by atoms with Gasteiger partial charge in [0.05, 0.1) is 19.3 Å². The second-order valence-corrected chi connectivity index (χ2v) is 13.4. The summed E-state index contributed by atoms with van der Waals surface area (Å²) in [6, 6.07) is 6.66. The summed E-state index contributed by atoms with van der Waals surface area (Å²) in [6.45, 7) is 12.7. The van der Waals surface area contributed by atoms with Gasteiger partial charge in [-0.2, -0.15) is 13.2 Å². The summed E-state index contributed by atoms with van der Waals surface area (Å²) in [5.74, 6) is 0.186. The molecule has 0 saturated heterocycles. The standard InChI is InChI=1S/C20H29F3N2O2Si/c1-14(12-26)25-11-17(20(21,22)23)24-18(25)16-9-7-15(8-10-16)13-27-28(5,6)19(2,3)4/h7-11,14,26H,12-13H2,1-6H3. The van der Waals surface area contributed by atoms with Gasteiger partial charge in [-0.1, -0.05) is 45.0 Å². The van der Waals surface area contributed by atoms with Crippen LogP contribution in [0.3, 0.4) is 0 Å². The van der Waals surface area contributed by atoms with E-state index in [-0.39, 0.29) is 17.5 Å². The van der Waals surface area contributed by atoms with Crippen LogP contribution < -0.4 is 0 Å². The van der Waals surface area contributed by atoms with E-state index in [9.17, 15) is 18.3 Å². The van der Waals surface area contributed by atoms with Gasteiger partial charge in [0, 0.05) is 11.8 Å². The Bertz CT molecular complexity index is 793. The number of alkyl halides is 3. The zero-order chi connectivity index (χ0) is 21.3. The predicted molar refractivity (Wildman–Crippen MR) is 106 cm³/mol. The van der Waals surface area contributed by atoms with Crippen LogP contribution in [0, 0.1) is 0 Å². The maximum absolute atomic E-state index is 13.1. The largest absolute Gasteiger partial charge is 0.434 e. The molecule has 1 heterocycles. The highest BCUT2D eigenvalue weighted by Gasteiger charge is 2.37. The minimum atomic E-state index is -4.54. The molecule has 1 N–H and O–H groups in total. The molecule has 4 nitrogen and oxygen atoms in total. The van der Waals surface area contributed by atoms with E-state index >= 15 is 0 Å². The highest BCUT2D eigenvalue weighted by molar-refractivity contribution is 6.74. The Hall–Kier alpha value is -1.64. The first kappa shape index (κ1) is 22.6. The number of halogens is 3. The molecule has 0 radical (unpaired) electrons. The molecule has 0 aliphatic heterocycles. The van der Waals surface area contributed by atoms with E-state index in [0.29, 0.717) is 12.2 Å². The maximum atomic E-state index is 13.1. The lowest BCUT2D eigenvalue weighted by Gasteiger charge is -2.36. The van der Waals surface area contributed by atoms with Gasteiger partial charge >= 0.3 is 6.18 Å². The summed E-state index contributed by atoms with van der Waals surface area (Å²) >= 11 is 0. The number of hydrogen-bond acceptors (Lipinski definition) is 3. The Labute approximate surface area is 165 Å². The first-order valence-corrected chi connectivity index (χ1v) is 12.2. The van der Waals surface area contributed by atoms with Gasteiger partial charge in [0.25, 0.3) is 0 Å². The van der Waals surface area contributed by atoms with Crippen molar-refractivity contribution in [3.63, 3.8) is 0 Å². The van der Waals surface area contributed by atoms with E-state index in [1.807, 2.05) is 12.1 Å². The molecule has 0 spiro atoms. The van der Waals surface area contributed by atoms with Crippen LogP contribution in [-0.4, -0.2) is 29.6 Å². The van der Waals surface area contributed by atoms with E-state index in [0.717, 1.165) is 11.8 Å². The van der Waals surface area contributed by atoms with Gasteiger partial charge in [-0.15, -0.1) is 0 Å². The van der Waals surface area contributed by atoms with E-state index < -0.39 is 26.2 Å². The topological polar surface area (TPSA) is 47.3 Å². The van der Waals surface area contributed by atoms with Crippen molar-refractivity contribution >= 4 is 8.32 Å². The van der Waals surface area contributed by atoms with Crippen molar-refractivity contribution in [1.82, 2.24) is 9.55 Å². The van der Waals surface area contributed by atoms with Crippen molar-refractivity contribution in [3.05, 3.63) is 41.7 Å². The average Bonchev–Trinajstić information content (AvgIpc) is 3.04. The van der Waals surface area contributed by atoms with Crippen molar-refractivity contribution in [1.29, 1.82) is 0 Å².